The van der Waals surface area contributed by atoms with Gasteiger partial charge in [-0.1, -0.05) is 0 Å². The van der Waals surface area contributed by atoms with E-state index in [1.165, 1.54) is 6.20 Å². The van der Waals surface area contributed by atoms with Gasteiger partial charge in [0.1, 0.15) is 18.9 Å². The number of hydrogen-bond donors (Lipinski definition) is 2. The average Bonchev–Trinajstić information content (AvgIpc) is 2.95. The molecule has 7 heteroatoms. The first-order valence-electron chi connectivity index (χ1n) is 5.59. The molecule has 0 saturated carbocycles. The number of β-amino-alcohol motifs (C(OH)–C–C–N with tert-alkyl or cyclic N) is 1. The molecule has 1 aliphatic heterocycles. The molecule has 1 aromatic heterocycles. The summed E-state index contributed by atoms with van der Waals surface area (Å²) in [7, 11) is 0. The van der Waals surface area contributed by atoms with Crippen LogP contribution in [0.5, 0.6) is 5.88 Å². The second kappa shape index (κ2) is 5.72. The van der Waals surface area contributed by atoms with Crippen LogP contribution < -0.4 is 10.1 Å². The summed E-state index contributed by atoms with van der Waals surface area (Å²) in [6.45, 7) is 4.27. The maximum atomic E-state index is 9.75. The van der Waals surface area contributed by atoms with Crippen molar-refractivity contribution in [3.8, 4) is 5.88 Å². The van der Waals surface area contributed by atoms with Crippen molar-refractivity contribution in [2.24, 2.45) is 0 Å². The summed E-state index contributed by atoms with van der Waals surface area (Å²) in [5.74, 6) is 0.462. The Bertz CT molecular complexity index is 328. The molecular formula is C10H17N3O3S. The Morgan fingerprint density at radius 1 is 1.76 bits per heavy atom. The van der Waals surface area contributed by atoms with Crippen LogP contribution in [-0.4, -0.2) is 51.9 Å². The second-order valence-electron chi connectivity index (χ2n) is 4.45. The van der Waals surface area contributed by atoms with E-state index in [1.807, 2.05) is 0 Å². The fraction of sp³-hybridized carbons (Fsp3) is 0.800. The predicted octanol–water partition coefficient (Wildman–Crippen LogP) is 0.0464. The number of aromatic nitrogens is 2. The Morgan fingerprint density at radius 2 is 2.65 bits per heavy atom. The summed E-state index contributed by atoms with van der Waals surface area (Å²) in [5, 5.41) is 13.0. The van der Waals surface area contributed by atoms with E-state index in [1.54, 1.807) is 0 Å². The Balaban J connectivity index is 1.65. The molecule has 2 heterocycles. The van der Waals surface area contributed by atoms with Crippen LogP contribution in [0.3, 0.4) is 0 Å². The summed E-state index contributed by atoms with van der Waals surface area (Å²) in [5.41, 5.74) is -0.0246. The van der Waals surface area contributed by atoms with E-state index in [9.17, 15) is 5.11 Å². The van der Waals surface area contributed by atoms with Crippen molar-refractivity contribution < 1.29 is 14.6 Å². The zero-order valence-electron chi connectivity index (χ0n) is 9.76. The van der Waals surface area contributed by atoms with E-state index in [0.29, 0.717) is 19.0 Å². The predicted molar refractivity (Wildman–Crippen MR) is 63.3 cm³/mol. The molecule has 1 fully saturated rings. The van der Waals surface area contributed by atoms with Crippen molar-refractivity contribution in [3.63, 3.8) is 0 Å². The lowest BCUT2D eigenvalue weighted by atomic mass is 10.0. The highest BCUT2D eigenvalue weighted by Crippen LogP contribution is 2.17. The van der Waals surface area contributed by atoms with Gasteiger partial charge in [0.15, 0.2) is 0 Å². The lowest BCUT2D eigenvalue weighted by molar-refractivity contribution is 0.0928. The summed E-state index contributed by atoms with van der Waals surface area (Å²) in [4.78, 5) is 0. The van der Waals surface area contributed by atoms with Crippen LogP contribution in [0, 0.1) is 0 Å². The number of hydrogen-bond acceptors (Lipinski definition) is 7. The molecule has 1 aliphatic rings. The molecule has 0 radical (unpaired) electrons. The Morgan fingerprint density at radius 3 is 3.29 bits per heavy atom. The highest BCUT2D eigenvalue weighted by atomic mass is 32.1. The van der Waals surface area contributed by atoms with Crippen molar-refractivity contribution >= 4 is 11.7 Å². The SMILES string of the molecule is CC1(NCC(O)COc2cnsn2)CCOC1. The van der Waals surface area contributed by atoms with Gasteiger partial charge >= 0.3 is 0 Å². The van der Waals surface area contributed by atoms with Gasteiger partial charge in [0.25, 0.3) is 0 Å². The fourth-order valence-electron chi connectivity index (χ4n) is 1.63. The minimum Gasteiger partial charge on any atom is -0.473 e. The molecule has 0 spiro atoms. The third kappa shape index (κ3) is 3.88. The van der Waals surface area contributed by atoms with Crippen molar-refractivity contribution in [2.45, 2.75) is 25.0 Å². The summed E-state index contributed by atoms with van der Waals surface area (Å²) in [6.07, 6.45) is 1.95. The van der Waals surface area contributed by atoms with E-state index in [4.69, 9.17) is 9.47 Å². The van der Waals surface area contributed by atoms with Crippen molar-refractivity contribution in [1.82, 2.24) is 14.1 Å². The van der Waals surface area contributed by atoms with Crippen molar-refractivity contribution in [1.29, 1.82) is 0 Å². The van der Waals surface area contributed by atoms with Crippen LogP contribution in [0.4, 0.5) is 0 Å². The Labute approximate surface area is 104 Å². The van der Waals surface area contributed by atoms with Gasteiger partial charge in [-0.3, -0.25) is 0 Å². The lowest BCUT2D eigenvalue weighted by Gasteiger charge is -2.25. The highest BCUT2D eigenvalue weighted by Gasteiger charge is 2.29. The van der Waals surface area contributed by atoms with Crippen molar-refractivity contribution in [3.05, 3.63) is 6.20 Å². The molecule has 0 aromatic carbocycles. The number of rotatable bonds is 6. The monoisotopic (exact) mass is 259 g/mol. The van der Waals surface area contributed by atoms with E-state index in [-0.39, 0.29) is 12.1 Å². The van der Waals surface area contributed by atoms with E-state index < -0.39 is 6.10 Å². The van der Waals surface area contributed by atoms with Gasteiger partial charge < -0.3 is 19.9 Å². The van der Waals surface area contributed by atoms with Gasteiger partial charge in [-0.05, 0) is 13.3 Å². The number of nitrogens with zero attached hydrogens (tertiary/aromatic N) is 2. The number of aliphatic hydroxyl groups excluding tert-OH is 1. The molecule has 2 atom stereocenters. The van der Waals surface area contributed by atoms with E-state index >= 15 is 0 Å². The third-order valence-electron chi connectivity index (χ3n) is 2.75. The van der Waals surface area contributed by atoms with Gasteiger partial charge in [-0.25, -0.2) is 0 Å². The zero-order valence-corrected chi connectivity index (χ0v) is 10.6. The molecule has 6 nitrogen and oxygen atoms in total. The zero-order chi connectivity index (χ0) is 12.1. The van der Waals surface area contributed by atoms with Gasteiger partial charge in [0.05, 0.1) is 18.3 Å². The number of aliphatic hydroxyl groups is 1. The van der Waals surface area contributed by atoms with Crippen LogP contribution >= 0.6 is 11.7 Å². The molecule has 96 valence electrons. The molecule has 2 rings (SSSR count). The molecule has 0 bridgehead atoms. The average molecular weight is 259 g/mol. The summed E-state index contributed by atoms with van der Waals surface area (Å²) in [6, 6.07) is 0. The second-order valence-corrected chi connectivity index (χ2v) is 5.01. The quantitative estimate of drug-likeness (QED) is 0.751. The first kappa shape index (κ1) is 12.7. The van der Waals surface area contributed by atoms with Gasteiger partial charge in [-0.15, -0.1) is 4.37 Å². The fourth-order valence-corrected chi connectivity index (χ4v) is 2.00. The van der Waals surface area contributed by atoms with Crippen LogP contribution in [-0.2, 0) is 4.74 Å². The minimum absolute atomic E-state index is 0.0246. The largest absolute Gasteiger partial charge is 0.473 e. The van der Waals surface area contributed by atoms with Crippen LogP contribution in [0.2, 0.25) is 0 Å². The van der Waals surface area contributed by atoms with Crippen LogP contribution in [0.25, 0.3) is 0 Å². The molecule has 2 unspecified atom stereocenters. The third-order valence-corrected chi connectivity index (χ3v) is 3.21. The van der Waals surface area contributed by atoms with Crippen molar-refractivity contribution in [2.75, 3.05) is 26.4 Å². The number of nitrogens with one attached hydrogen (secondary N) is 1. The summed E-state index contributed by atoms with van der Waals surface area (Å²) < 4.78 is 18.3. The minimum atomic E-state index is -0.561. The topological polar surface area (TPSA) is 76.5 Å². The van der Waals surface area contributed by atoms with E-state index in [2.05, 4.69) is 21.0 Å². The molecule has 0 amide bonds. The first-order chi connectivity index (χ1) is 8.18. The Hall–Kier alpha value is -0.760. The van der Waals surface area contributed by atoms with Gasteiger partial charge in [-0.2, -0.15) is 4.37 Å². The number of ether oxygens (including phenoxy) is 2. The van der Waals surface area contributed by atoms with Crippen LogP contribution in [0.15, 0.2) is 6.20 Å². The molecule has 17 heavy (non-hydrogen) atoms. The maximum Gasteiger partial charge on any atom is 0.245 e. The molecule has 1 saturated heterocycles. The molecule has 1 aromatic rings. The molecule has 0 aliphatic carbocycles. The summed E-state index contributed by atoms with van der Waals surface area (Å²) >= 11 is 1.09. The van der Waals surface area contributed by atoms with Gasteiger partial charge in [0.2, 0.25) is 5.88 Å². The molecule has 2 N–H and O–H groups in total. The highest BCUT2D eigenvalue weighted by molar-refractivity contribution is 6.99. The normalized spacial score (nSPS) is 26.0. The maximum absolute atomic E-state index is 9.75. The molecular weight excluding hydrogens is 242 g/mol. The lowest BCUT2D eigenvalue weighted by Crippen LogP contribution is -2.47. The standard InChI is InChI=1S/C10H17N3O3S/c1-10(2-3-15-7-10)11-4-8(14)6-16-9-5-12-17-13-9/h5,8,11,14H,2-4,6-7H2,1H3. The Kier molecular flexibility index (Phi) is 4.27. The van der Waals surface area contributed by atoms with E-state index in [0.717, 1.165) is 24.8 Å². The first-order valence-corrected chi connectivity index (χ1v) is 6.32. The van der Waals surface area contributed by atoms with Gasteiger partial charge in [0, 0.05) is 18.7 Å². The van der Waals surface area contributed by atoms with Crippen LogP contribution in [0.1, 0.15) is 13.3 Å². The smallest absolute Gasteiger partial charge is 0.245 e.